The summed E-state index contributed by atoms with van der Waals surface area (Å²) in [5, 5.41) is 6.83. The third kappa shape index (κ3) is 7.90. The molecular weight excluding hydrogens is 558 g/mol. The van der Waals surface area contributed by atoms with Crippen molar-refractivity contribution in [1.82, 2.24) is 10.3 Å². The van der Waals surface area contributed by atoms with E-state index in [9.17, 15) is 14.4 Å². The lowest BCUT2D eigenvalue weighted by molar-refractivity contribution is 0.0949. The Bertz CT molecular complexity index is 1630. The Morgan fingerprint density at radius 3 is 2.48 bits per heavy atom. The first-order valence-corrected chi connectivity index (χ1v) is 14.0. The van der Waals surface area contributed by atoms with E-state index in [0.717, 1.165) is 30.4 Å². The summed E-state index contributed by atoms with van der Waals surface area (Å²) in [5.41, 5.74) is 2.26. The molecule has 220 valence electrons. The second-order valence-corrected chi connectivity index (χ2v) is 10.2. The number of rotatable bonds is 13. The molecule has 0 aliphatic heterocycles. The first kappa shape index (κ1) is 30.6. The highest BCUT2D eigenvalue weighted by atomic mass is 35.5. The average Bonchev–Trinajstić information content (AvgIpc) is 2.98. The molecule has 9 nitrogen and oxygen atoms in total. The Kier molecular flexibility index (Phi) is 10.6. The second kappa shape index (κ2) is 14.5. The predicted molar refractivity (Wildman–Crippen MR) is 164 cm³/mol. The monoisotopic (exact) mass is 591 g/mol. The zero-order chi connectivity index (χ0) is 30.1. The number of methoxy groups -OCH3 is 2. The lowest BCUT2D eigenvalue weighted by atomic mass is 10.1. The lowest BCUT2D eigenvalue weighted by Crippen LogP contribution is -2.25. The quantitative estimate of drug-likeness (QED) is 0.167. The van der Waals surface area contributed by atoms with Crippen LogP contribution < -0.4 is 25.7 Å². The zero-order valence-electron chi connectivity index (χ0n) is 23.8. The molecule has 0 atom stereocenters. The van der Waals surface area contributed by atoms with Gasteiger partial charge in [-0.3, -0.25) is 14.4 Å². The number of amides is 2. The van der Waals surface area contributed by atoms with Gasteiger partial charge in [0, 0.05) is 48.0 Å². The Balaban J connectivity index is 1.49. The molecule has 10 heteroatoms. The predicted octanol–water partition coefficient (Wildman–Crippen LogP) is 5.88. The van der Waals surface area contributed by atoms with Crippen LogP contribution in [-0.2, 0) is 11.3 Å². The number of aromatic nitrogens is 1. The van der Waals surface area contributed by atoms with Gasteiger partial charge in [0.15, 0.2) is 11.5 Å². The van der Waals surface area contributed by atoms with E-state index in [1.807, 2.05) is 12.1 Å². The SMILES string of the molecule is COCCCCCOc1cc2cc(C(=O)Nc3cc(C(=O)NCc4cccc(Cl)c4)ccc3C)c(=O)[nH]c2cc1OC. The molecule has 42 heavy (non-hydrogen) atoms. The van der Waals surface area contributed by atoms with Crippen molar-refractivity contribution in [2.75, 3.05) is 32.8 Å². The minimum Gasteiger partial charge on any atom is -0.493 e. The molecule has 0 unspecified atom stereocenters. The summed E-state index contributed by atoms with van der Waals surface area (Å²) in [5.74, 6) is 0.0826. The topological polar surface area (TPSA) is 119 Å². The summed E-state index contributed by atoms with van der Waals surface area (Å²) in [6, 6.07) is 17.1. The number of hydrogen-bond donors (Lipinski definition) is 3. The molecule has 1 heterocycles. The molecule has 0 saturated heterocycles. The van der Waals surface area contributed by atoms with Crippen molar-refractivity contribution >= 4 is 40.0 Å². The van der Waals surface area contributed by atoms with Crippen LogP contribution in [0, 0.1) is 6.92 Å². The molecule has 0 saturated carbocycles. The second-order valence-electron chi connectivity index (χ2n) is 9.80. The summed E-state index contributed by atoms with van der Waals surface area (Å²) in [6.07, 6.45) is 2.76. The molecule has 3 N–H and O–H groups in total. The molecular formula is C32H34ClN3O6. The molecule has 0 spiro atoms. The number of ether oxygens (including phenoxy) is 3. The van der Waals surface area contributed by atoms with Crippen molar-refractivity contribution in [3.63, 3.8) is 0 Å². The zero-order valence-corrected chi connectivity index (χ0v) is 24.6. The van der Waals surface area contributed by atoms with Gasteiger partial charge in [0.25, 0.3) is 17.4 Å². The molecule has 0 fully saturated rings. The van der Waals surface area contributed by atoms with Crippen LogP contribution >= 0.6 is 11.6 Å². The van der Waals surface area contributed by atoms with E-state index in [1.54, 1.807) is 56.5 Å². The molecule has 4 rings (SSSR count). The third-order valence-corrected chi connectivity index (χ3v) is 6.95. The van der Waals surface area contributed by atoms with Crippen LogP contribution in [0.1, 0.15) is 51.1 Å². The molecule has 4 aromatic rings. The van der Waals surface area contributed by atoms with Gasteiger partial charge in [-0.05, 0) is 73.7 Å². The van der Waals surface area contributed by atoms with Crippen LogP contribution in [0.25, 0.3) is 10.9 Å². The Morgan fingerprint density at radius 2 is 1.71 bits per heavy atom. The number of carbonyl (C=O) groups is 2. The Hall–Kier alpha value is -4.34. The molecule has 0 radical (unpaired) electrons. The summed E-state index contributed by atoms with van der Waals surface area (Å²) in [6.45, 7) is 3.30. The fraction of sp³-hybridized carbons (Fsp3) is 0.281. The van der Waals surface area contributed by atoms with E-state index in [4.69, 9.17) is 25.8 Å². The highest BCUT2D eigenvalue weighted by molar-refractivity contribution is 6.30. The maximum Gasteiger partial charge on any atom is 0.261 e. The molecule has 0 bridgehead atoms. The van der Waals surface area contributed by atoms with Crippen molar-refractivity contribution in [2.24, 2.45) is 0 Å². The summed E-state index contributed by atoms with van der Waals surface area (Å²) < 4.78 is 16.5. The number of anilines is 1. The van der Waals surface area contributed by atoms with E-state index >= 15 is 0 Å². The van der Waals surface area contributed by atoms with Gasteiger partial charge < -0.3 is 29.8 Å². The van der Waals surface area contributed by atoms with E-state index in [2.05, 4.69) is 15.6 Å². The molecule has 0 aliphatic carbocycles. The number of H-pyrrole nitrogens is 1. The number of nitrogens with one attached hydrogen (secondary N) is 3. The Labute approximate surface area is 249 Å². The average molecular weight is 592 g/mol. The fourth-order valence-electron chi connectivity index (χ4n) is 4.38. The minimum atomic E-state index is -0.603. The number of pyridine rings is 1. The van der Waals surface area contributed by atoms with Gasteiger partial charge in [-0.1, -0.05) is 29.8 Å². The van der Waals surface area contributed by atoms with Gasteiger partial charge in [-0.15, -0.1) is 0 Å². The van der Waals surface area contributed by atoms with Crippen molar-refractivity contribution in [2.45, 2.75) is 32.7 Å². The van der Waals surface area contributed by atoms with Gasteiger partial charge in [-0.2, -0.15) is 0 Å². The lowest BCUT2D eigenvalue weighted by Gasteiger charge is -2.13. The first-order valence-electron chi connectivity index (χ1n) is 13.6. The maximum absolute atomic E-state index is 13.2. The summed E-state index contributed by atoms with van der Waals surface area (Å²) in [7, 11) is 3.21. The van der Waals surface area contributed by atoms with Gasteiger partial charge in [-0.25, -0.2) is 0 Å². The molecule has 2 amide bonds. The largest absolute Gasteiger partial charge is 0.493 e. The fourth-order valence-corrected chi connectivity index (χ4v) is 4.59. The van der Waals surface area contributed by atoms with Crippen molar-refractivity contribution in [3.8, 4) is 11.5 Å². The number of benzene rings is 3. The van der Waals surface area contributed by atoms with Crippen LogP contribution in [-0.4, -0.2) is 44.2 Å². The van der Waals surface area contributed by atoms with Crippen LogP contribution in [0.2, 0.25) is 5.02 Å². The number of fused-ring (bicyclic) bond motifs is 1. The van der Waals surface area contributed by atoms with Gasteiger partial charge in [0.2, 0.25) is 0 Å². The van der Waals surface area contributed by atoms with Crippen LogP contribution in [0.15, 0.2) is 65.5 Å². The van der Waals surface area contributed by atoms with Crippen LogP contribution in [0.3, 0.4) is 0 Å². The van der Waals surface area contributed by atoms with Crippen LogP contribution in [0.4, 0.5) is 5.69 Å². The van der Waals surface area contributed by atoms with Gasteiger partial charge in [0.05, 0.1) is 19.2 Å². The van der Waals surface area contributed by atoms with E-state index in [0.29, 0.717) is 58.4 Å². The van der Waals surface area contributed by atoms with Crippen molar-refractivity contribution in [1.29, 1.82) is 0 Å². The number of aromatic amines is 1. The number of halogens is 1. The standard InChI is InChI=1S/C32H34ClN3O6/c1-20-10-11-22(30(37)34-19-21-8-7-9-24(33)14-21)16-26(20)35-31(38)25-15-23-17-29(42-13-6-4-5-12-40-2)28(41-3)18-27(23)36-32(25)39/h7-11,14-18H,4-6,12-13,19H2,1-3H3,(H,34,37)(H,35,38)(H,36,39). The number of carbonyl (C=O) groups excluding carboxylic acids is 2. The Morgan fingerprint density at radius 1 is 0.905 bits per heavy atom. The van der Waals surface area contributed by atoms with E-state index < -0.39 is 11.5 Å². The van der Waals surface area contributed by atoms with Crippen molar-refractivity contribution in [3.05, 3.63) is 98.3 Å². The van der Waals surface area contributed by atoms with Gasteiger partial charge >= 0.3 is 0 Å². The van der Waals surface area contributed by atoms with E-state index in [1.165, 1.54) is 13.2 Å². The van der Waals surface area contributed by atoms with Gasteiger partial charge in [0.1, 0.15) is 5.56 Å². The highest BCUT2D eigenvalue weighted by Gasteiger charge is 2.17. The smallest absolute Gasteiger partial charge is 0.261 e. The number of aryl methyl sites for hydroxylation is 1. The molecule has 3 aromatic carbocycles. The minimum absolute atomic E-state index is 0.0756. The summed E-state index contributed by atoms with van der Waals surface area (Å²) in [4.78, 5) is 41.7. The van der Waals surface area contributed by atoms with Crippen molar-refractivity contribution < 1.29 is 23.8 Å². The normalized spacial score (nSPS) is 10.9. The third-order valence-electron chi connectivity index (χ3n) is 6.71. The summed E-state index contributed by atoms with van der Waals surface area (Å²) >= 11 is 6.03. The molecule has 1 aromatic heterocycles. The van der Waals surface area contributed by atoms with Crippen LogP contribution in [0.5, 0.6) is 11.5 Å². The highest BCUT2D eigenvalue weighted by Crippen LogP contribution is 2.32. The number of unbranched alkanes of at least 4 members (excludes halogenated alkanes) is 2. The first-order chi connectivity index (χ1) is 20.3. The molecule has 0 aliphatic rings. The van der Waals surface area contributed by atoms with E-state index in [-0.39, 0.29) is 11.5 Å². The maximum atomic E-state index is 13.2. The number of hydrogen-bond acceptors (Lipinski definition) is 6.